The van der Waals surface area contributed by atoms with Gasteiger partial charge in [-0.25, -0.2) is 28.3 Å². The Labute approximate surface area is 228 Å². The van der Waals surface area contributed by atoms with Crippen LogP contribution in [0.15, 0.2) is 60.9 Å². The molecule has 0 radical (unpaired) electrons. The number of amides is 2. The second-order valence-electron chi connectivity index (χ2n) is 8.88. The van der Waals surface area contributed by atoms with Gasteiger partial charge in [0.2, 0.25) is 5.95 Å². The van der Waals surface area contributed by atoms with Gasteiger partial charge in [0.1, 0.15) is 6.61 Å². The standard InChI is InChI=1S/C27H28F2N6O5/c28-23-20(25(37)30-14-9-22(36)40-34-27(38)39-17-18-5-2-1-3-6-18)7-8-21(24(23)29)35-15-10-19(11-16-35)33-26-31-12-4-13-32-26/h1-8,12-13,19H,9-11,14-17H2,(H,30,37)(H,34,38)(H,31,32,33). The van der Waals surface area contributed by atoms with Gasteiger partial charge in [-0.15, -0.1) is 5.48 Å². The molecule has 13 heteroatoms. The average Bonchev–Trinajstić information content (AvgIpc) is 2.98. The predicted octanol–water partition coefficient (Wildman–Crippen LogP) is 3.34. The molecule has 3 aromatic rings. The van der Waals surface area contributed by atoms with Crippen molar-refractivity contribution < 1.29 is 32.7 Å². The number of halogens is 2. The van der Waals surface area contributed by atoms with Gasteiger partial charge in [-0.1, -0.05) is 30.3 Å². The molecule has 2 aromatic carbocycles. The molecule has 11 nitrogen and oxygen atoms in total. The van der Waals surface area contributed by atoms with Gasteiger partial charge >= 0.3 is 12.1 Å². The van der Waals surface area contributed by atoms with E-state index in [4.69, 9.17) is 4.74 Å². The lowest BCUT2D eigenvalue weighted by atomic mass is 10.0. The van der Waals surface area contributed by atoms with Crippen LogP contribution in [0.25, 0.3) is 0 Å². The van der Waals surface area contributed by atoms with Crippen molar-refractivity contribution in [3.05, 3.63) is 83.7 Å². The van der Waals surface area contributed by atoms with Crippen molar-refractivity contribution in [3.8, 4) is 0 Å². The first-order valence-corrected chi connectivity index (χ1v) is 12.6. The topological polar surface area (TPSA) is 135 Å². The number of carbonyl (C=O) groups is 3. The molecule has 0 spiro atoms. The number of hydrogen-bond acceptors (Lipinski definition) is 9. The van der Waals surface area contributed by atoms with E-state index in [1.54, 1.807) is 47.6 Å². The van der Waals surface area contributed by atoms with Crippen LogP contribution in [0.5, 0.6) is 0 Å². The van der Waals surface area contributed by atoms with E-state index in [1.807, 2.05) is 11.5 Å². The van der Waals surface area contributed by atoms with E-state index in [1.165, 1.54) is 12.1 Å². The van der Waals surface area contributed by atoms with Crippen molar-refractivity contribution in [2.75, 3.05) is 29.9 Å². The van der Waals surface area contributed by atoms with E-state index in [0.717, 1.165) is 5.56 Å². The van der Waals surface area contributed by atoms with Crippen molar-refractivity contribution in [3.63, 3.8) is 0 Å². The van der Waals surface area contributed by atoms with Crippen LogP contribution in [0.4, 0.5) is 25.2 Å². The van der Waals surface area contributed by atoms with Crippen LogP contribution in [0, 0.1) is 11.6 Å². The Morgan fingerprint density at radius 1 is 0.950 bits per heavy atom. The van der Waals surface area contributed by atoms with Crippen LogP contribution < -0.4 is 21.0 Å². The molecule has 2 heterocycles. The first-order chi connectivity index (χ1) is 19.4. The van der Waals surface area contributed by atoms with Crippen molar-refractivity contribution >= 4 is 29.6 Å². The van der Waals surface area contributed by atoms with Gasteiger partial charge in [0.25, 0.3) is 5.91 Å². The number of piperidine rings is 1. The van der Waals surface area contributed by atoms with Gasteiger partial charge in [-0.05, 0) is 36.6 Å². The normalized spacial score (nSPS) is 13.3. The molecular weight excluding hydrogens is 526 g/mol. The van der Waals surface area contributed by atoms with Crippen LogP contribution in [-0.4, -0.2) is 53.6 Å². The average molecular weight is 555 g/mol. The van der Waals surface area contributed by atoms with Crippen LogP contribution in [0.3, 0.4) is 0 Å². The van der Waals surface area contributed by atoms with E-state index in [9.17, 15) is 23.2 Å². The molecule has 1 aliphatic rings. The number of benzene rings is 2. The van der Waals surface area contributed by atoms with E-state index in [2.05, 4.69) is 25.4 Å². The van der Waals surface area contributed by atoms with Crippen LogP contribution in [-0.2, 0) is 21.0 Å². The van der Waals surface area contributed by atoms with E-state index in [0.29, 0.717) is 31.9 Å². The summed E-state index contributed by atoms with van der Waals surface area (Å²) in [6.07, 6.45) is 3.30. The third kappa shape index (κ3) is 7.85. The molecule has 40 heavy (non-hydrogen) atoms. The number of hydrogen-bond donors (Lipinski definition) is 3. The Bertz CT molecular complexity index is 1310. The van der Waals surface area contributed by atoms with E-state index >= 15 is 0 Å². The van der Waals surface area contributed by atoms with Gasteiger partial charge < -0.3 is 25.1 Å². The minimum absolute atomic E-state index is 0.0135. The maximum atomic E-state index is 14.9. The number of carbonyl (C=O) groups excluding carboxylic acids is 3. The Balaban J connectivity index is 1.19. The number of anilines is 2. The van der Waals surface area contributed by atoms with Crippen LogP contribution >= 0.6 is 0 Å². The zero-order chi connectivity index (χ0) is 28.3. The third-order valence-corrected chi connectivity index (χ3v) is 6.12. The Kier molecular flexibility index (Phi) is 9.75. The lowest BCUT2D eigenvalue weighted by molar-refractivity contribution is -0.149. The molecule has 1 fully saturated rings. The molecular formula is C27H28F2N6O5. The second-order valence-corrected chi connectivity index (χ2v) is 8.88. The first kappa shape index (κ1) is 28.2. The highest BCUT2D eigenvalue weighted by Gasteiger charge is 2.25. The largest absolute Gasteiger partial charge is 0.443 e. The molecule has 0 unspecified atom stereocenters. The molecule has 0 aliphatic carbocycles. The minimum Gasteiger partial charge on any atom is -0.443 e. The molecule has 1 saturated heterocycles. The zero-order valence-corrected chi connectivity index (χ0v) is 21.4. The highest BCUT2D eigenvalue weighted by molar-refractivity contribution is 5.95. The van der Waals surface area contributed by atoms with Gasteiger partial charge in [-0.3, -0.25) is 4.79 Å². The van der Waals surface area contributed by atoms with Gasteiger partial charge in [0.05, 0.1) is 17.7 Å². The number of ether oxygens (including phenoxy) is 1. The fourth-order valence-corrected chi connectivity index (χ4v) is 4.06. The fraction of sp³-hybridized carbons (Fsp3) is 0.296. The van der Waals surface area contributed by atoms with Crippen LogP contribution in [0.1, 0.15) is 35.2 Å². The summed E-state index contributed by atoms with van der Waals surface area (Å²) >= 11 is 0. The monoisotopic (exact) mass is 554 g/mol. The molecule has 2 amide bonds. The van der Waals surface area contributed by atoms with Gasteiger partial charge in [0, 0.05) is 38.1 Å². The summed E-state index contributed by atoms with van der Waals surface area (Å²) in [5, 5.41) is 5.56. The van der Waals surface area contributed by atoms with Gasteiger partial charge in [0.15, 0.2) is 11.6 Å². The molecule has 4 rings (SSSR count). The molecule has 1 aliphatic heterocycles. The SMILES string of the molecule is O=C(CCNC(=O)c1ccc(N2CCC(Nc3ncccn3)CC2)c(F)c1F)ONC(=O)OCc1ccccc1. The Morgan fingerprint density at radius 2 is 1.68 bits per heavy atom. The maximum absolute atomic E-state index is 14.9. The van der Waals surface area contributed by atoms with Crippen molar-refractivity contribution in [1.29, 1.82) is 0 Å². The highest BCUT2D eigenvalue weighted by atomic mass is 19.2. The van der Waals surface area contributed by atoms with Crippen molar-refractivity contribution in [1.82, 2.24) is 20.8 Å². The Hall–Kier alpha value is -4.81. The smallest absolute Gasteiger partial charge is 0.441 e. The quantitative estimate of drug-likeness (QED) is 0.341. The summed E-state index contributed by atoms with van der Waals surface area (Å²) in [6.45, 7) is 0.706. The fourth-order valence-electron chi connectivity index (χ4n) is 4.06. The lowest BCUT2D eigenvalue weighted by Gasteiger charge is -2.34. The number of hydroxylamine groups is 1. The maximum Gasteiger partial charge on any atom is 0.441 e. The molecule has 3 N–H and O–H groups in total. The second kappa shape index (κ2) is 13.8. The summed E-state index contributed by atoms with van der Waals surface area (Å²) < 4.78 is 34.6. The number of rotatable bonds is 9. The van der Waals surface area contributed by atoms with Gasteiger partial charge in [-0.2, -0.15) is 0 Å². The van der Waals surface area contributed by atoms with Crippen molar-refractivity contribution in [2.24, 2.45) is 0 Å². The summed E-state index contributed by atoms with van der Waals surface area (Å²) in [7, 11) is 0. The number of aromatic nitrogens is 2. The minimum atomic E-state index is -1.28. The Morgan fingerprint density at radius 3 is 2.40 bits per heavy atom. The third-order valence-electron chi connectivity index (χ3n) is 6.12. The van der Waals surface area contributed by atoms with Crippen LogP contribution in [0.2, 0.25) is 0 Å². The summed E-state index contributed by atoms with van der Waals surface area (Å²) in [5.41, 5.74) is 2.17. The molecule has 210 valence electrons. The molecule has 1 aromatic heterocycles. The zero-order valence-electron chi connectivity index (χ0n) is 21.4. The van der Waals surface area contributed by atoms with Crippen molar-refractivity contribution in [2.45, 2.75) is 31.9 Å². The highest BCUT2D eigenvalue weighted by Crippen LogP contribution is 2.27. The lowest BCUT2D eigenvalue weighted by Crippen LogP contribution is -2.40. The van der Waals surface area contributed by atoms with E-state index in [-0.39, 0.29) is 31.3 Å². The predicted molar refractivity (Wildman–Crippen MR) is 140 cm³/mol. The molecule has 0 bridgehead atoms. The van der Waals surface area contributed by atoms with E-state index < -0.39 is 35.2 Å². The summed E-state index contributed by atoms with van der Waals surface area (Å²) in [6, 6.07) is 13.3. The number of nitrogens with zero attached hydrogens (tertiary/aromatic N) is 3. The number of nitrogens with one attached hydrogen (secondary N) is 3. The molecule has 0 saturated carbocycles. The summed E-state index contributed by atoms with van der Waals surface area (Å²) in [4.78, 5) is 50.4. The first-order valence-electron chi connectivity index (χ1n) is 12.6. The molecule has 0 atom stereocenters. The summed E-state index contributed by atoms with van der Waals surface area (Å²) in [5.74, 6) is -3.65.